The van der Waals surface area contributed by atoms with Crippen LogP contribution in [0.15, 0.2) is 65.3 Å². The molecule has 0 aromatic heterocycles. The predicted molar refractivity (Wildman–Crippen MR) is 145 cm³/mol. The molecule has 0 heterocycles. The van der Waals surface area contributed by atoms with E-state index in [9.17, 15) is 9.59 Å². The summed E-state index contributed by atoms with van der Waals surface area (Å²) >= 11 is 1.70. The highest BCUT2D eigenvalue weighted by molar-refractivity contribution is 7.99. The summed E-state index contributed by atoms with van der Waals surface area (Å²) in [7, 11) is 1.40. The Morgan fingerprint density at radius 3 is 2.24 bits per heavy atom. The van der Waals surface area contributed by atoms with Crippen LogP contribution in [-0.2, 0) is 9.53 Å². The first-order chi connectivity index (χ1) is 16.3. The summed E-state index contributed by atoms with van der Waals surface area (Å²) < 4.78 is 4.93. The summed E-state index contributed by atoms with van der Waals surface area (Å²) in [4.78, 5) is 24.2. The second-order valence-electron chi connectivity index (χ2n) is 8.65. The van der Waals surface area contributed by atoms with Gasteiger partial charge in [0.2, 0.25) is 0 Å². The zero-order chi connectivity index (χ0) is 25.2. The largest absolute Gasteiger partial charge is 0.468 e. The van der Waals surface area contributed by atoms with Gasteiger partial charge in [0, 0.05) is 30.2 Å². The molecule has 0 unspecified atom stereocenters. The number of thioether (sulfide) groups is 1. The Hall–Kier alpha value is -2.31. The number of rotatable bonds is 16. The van der Waals surface area contributed by atoms with Crippen molar-refractivity contribution >= 4 is 23.6 Å². The number of amides is 1. The molecule has 34 heavy (non-hydrogen) atoms. The summed E-state index contributed by atoms with van der Waals surface area (Å²) in [5.41, 5.74) is 4.82. The summed E-state index contributed by atoms with van der Waals surface area (Å²) in [6.45, 7) is 9.58. The second-order valence-corrected chi connectivity index (χ2v) is 9.72. The first-order valence-electron chi connectivity index (χ1n) is 12.0. The molecule has 1 amide bonds. The van der Waals surface area contributed by atoms with Crippen molar-refractivity contribution in [2.75, 3.05) is 31.7 Å². The lowest BCUT2D eigenvalue weighted by Crippen LogP contribution is -2.43. The Bertz CT molecular complexity index is 827. The Labute approximate surface area is 210 Å². The molecule has 0 aliphatic rings. The van der Waals surface area contributed by atoms with E-state index in [4.69, 9.17) is 4.74 Å². The van der Waals surface area contributed by atoms with Crippen LogP contribution in [-0.4, -0.2) is 49.6 Å². The highest BCUT2D eigenvalue weighted by Crippen LogP contribution is 2.13. The number of carbonyl (C=O) groups is 2. The molecule has 188 valence electrons. The van der Waals surface area contributed by atoms with Crippen LogP contribution in [0.2, 0.25) is 0 Å². The summed E-state index contributed by atoms with van der Waals surface area (Å²) in [6.07, 6.45) is 11.2. The molecule has 1 atom stereocenters. The molecule has 0 saturated carbocycles. The van der Waals surface area contributed by atoms with Gasteiger partial charge >= 0.3 is 5.97 Å². The molecule has 0 spiro atoms. The van der Waals surface area contributed by atoms with Crippen LogP contribution >= 0.6 is 11.8 Å². The number of benzene rings is 1. The molecule has 5 nitrogen and oxygen atoms in total. The maximum atomic E-state index is 12.1. The predicted octanol–water partition coefficient (Wildman–Crippen LogP) is 5.70. The Morgan fingerprint density at radius 1 is 0.941 bits per heavy atom. The van der Waals surface area contributed by atoms with Crippen LogP contribution in [0.25, 0.3) is 0 Å². The fourth-order valence-corrected chi connectivity index (χ4v) is 4.22. The number of ether oxygens (including phenoxy) is 1. The third-order valence-electron chi connectivity index (χ3n) is 5.28. The van der Waals surface area contributed by atoms with Crippen LogP contribution in [0.5, 0.6) is 0 Å². The van der Waals surface area contributed by atoms with Crippen molar-refractivity contribution in [3.8, 4) is 0 Å². The Morgan fingerprint density at radius 2 is 1.59 bits per heavy atom. The third kappa shape index (κ3) is 14.1. The van der Waals surface area contributed by atoms with Crippen molar-refractivity contribution in [2.45, 2.75) is 59.4 Å². The summed E-state index contributed by atoms with van der Waals surface area (Å²) in [6, 6.07) is 8.69. The lowest BCUT2D eigenvalue weighted by Gasteiger charge is -2.16. The standard InChI is InChI=1S/C28H42N2O3S/c1-22(2)11-9-12-23(3)13-10-14-24(4)17-20-34-21-26(28(32)33-5)29-18-19-30-27(31)25-15-7-6-8-16-25/h6-8,11,13,15-17,26,29H,9-10,12,14,18-21H2,1-5H3,(H,30,31)/b23-13+,24-17+/t26-/m0/s1. The molecule has 0 aliphatic carbocycles. The van der Waals surface area contributed by atoms with Gasteiger partial charge in [-0.2, -0.15) is 11.8 Å². The van der Waals surface area contributed by atoms with E-state index < -0.39 is 6.04 Å². The van der Waals surface area contributed by atoms with E-state index >= 15 is 0 Å². The molecule has 6 heteroatoms. The number of hydrogen-bond donors (Lipinski definition) is 2. The molecule has 1 aromatic carbocycles. The molecule has 0 radical (unpaired) electrons. The number of esters is 1. The summed E-state index contributed by atoms with van der Waals surface area (Å²) in [5, 5.41) is 6.05. The van der Waals surface area contributed by atoms with Gasteiger partial charge in [0.1, 0.15) is 6.04 Å². The molecule has 0 fully saturated rings. The highest BCUT2D eigenvalue weighted by Gasteiger charge is 2.18. The van der Waals surface area contributed by atoms with Gasteiger partial charge < -0.3 is 15.4 Å². The molecule has 0 saturated heterocycles. The lowest BCUT2D eigenvalue weighted by atomic mass is 10.1. The van der Waals surface area contributed by atoms with Crippen molar-refractivity contribution in [3.63, 3.8) is 0 Å². The van der Waals surface area contributed by atoms with E-state index in [1.165, 1.54) is 23.8 Å². The normalized spacial score (nSPS) is 12.7. The maximum absolute atomic E-state index is 12.1. The smallest absolute Gasteiger partial charge is 0.323 e. The molecular weight excluding hydrogens is 444 g/mol. The minimum absolute atomic E-state index is 0.120. The maximum Gasteiger partial charge on any atom is 0.323 e. The zero-order valence-corrected chi connectivity index (χ0v) is 22.3. The van der Waals surface area contributed by atoms with Crippen LogP contribution in [0.3, 0.4) is 0 Å². The van der Waals surface area contributed by atoms with Gasteiger partial charge in [0.15, 0.2) is 0 Å². The quantitative estimate of drug-likeness (QED) is 0.178. The van der Waals surface area contributed by atoms with Crippen LogP contribution in [0, 0.1) is 0 Å². The van der Waals surface area contributed by atoms with Gasteiger partial charge in [0.05, 0.1) is 7.11 Å². The van der Waals surface area contributed by atoms with Gasteiger partial charge in [-0.15, -0.1) is 0 Å². The van der Waals surface area contributed by atoms with Gasteiger partial charge in [-0.25, -0.2) is 0 Å². The molecule has 0 aliphatic heterocycles. The number of nitrogens with one attached hydrogen (secondary N) is 2. The highest BCUT2D eigenvalue weighted by atomic mass is 32.2. The SMILES string of the molecule is COC(=O)[C@H](CSC/C=C(\C)CC/C=C(\C)CCC=C(C)C)NCCNC(=O)c1ccccc1. The summed E-state index contributed by atoms with van der Waals surface area (Å²) in [5.74, 6) is 1.07. The fraction of sp³-hybridized carbons (Fsp3) is 0.500. The number of carbonyl (C=O) groups excluding carboxylic acids is 2. The molecule has 2 N–H and O–H groups in total. The van der Waals surface area contributed by atoms with Gasteiger partial charge in [0.25, 0.3) is 5.91 Å². The Kier molecular flexibility index (Phi) is 15.8. The van der Waals surface area contributed by atoms with E-state index in [2.05, 4.69) is 56.6 Å². The van der Waals surface area contributed by atoms with Crippen LogP contribution in [0.4, 0.5) is 0 Å². The first kappa shape index (κ1) is 29.7. The zero-order valence-electron chi connectivity index (χ0n) is 21.5. The van der Waals surface area contributed by atoms with Crippen LogP contribution < -0.4 is 10.6 Å². The number of hydrogen-bond acceptors (Lipinski definition) is 5. The van der Waals surface area contributed by atoms with E-state index in [0.29, 0.717) is 24.4 Å². The fourth-order valence-electron chi connectivity index (χ4n) is 3.19. The number of methoxy groups -OCH3 is 1. The monoisotopic (exact) mass is 486 g/mol. The van der Waals surface area contributed by atoms with E-state index in [1.54, 1.807) is 23.9 Å². The van der Waals surface area contributed by atoms with Gasteiger partial charge in [-0.3, -0.25) is 9.59 Å². The lowest BCUT2D eigenvalue weighted by molar-refractivity contribution is -0.142. The van der Waals surface area contributed by atoms with Gasteiger partial charge in [-0.05, 0) is 65.5 Å². The average molecular weight is 487 g/mol. The van der Waals surface area contributed by atoms with E-state index in [-0.39, 0.29) is 11.9 Å². The molecular formula is C28H42N2O3S. The number of allylic oxidation sites excluding steroid dienone is 5. The van der Waals surface area contributed by atoms with Crippen molar-refractivity contribution in [1.82, 2.24) is 10.6 Å². The Balaban J connectivity index is 2.30. The molecule has 0 bridgehead atoms. The minimum Gasteiger partial charge on any atom is -0.468 e. The minimum atomic E-state index is -0.399. The first-order valence-corrected chi connectivity index (χ1v) is 13.2. The average Bonchev–Trinajstić information content (AvgIpc) is 2.82. The van der Waals surface area contributed by atoms with Crippen molar-refractivity contribution in [2.24, 2.45) is 0 Å². The van der Waals surface area contributed by atoms with E-state index in [0.717, 1.165) is 31.4 Å². The van der Waals surface area contributed by atoms with Crippen molar-refractivity contribution < 1.29 is 14.3 Å². The van der Waals surface area contributed by atoms with Gasteiger partial charge in [-0.1, -0.05) is 53.1 Å². The van der Waals surface area contributed by atoms with E-state index in [1.807, 2.05) is 18.2 Å². The molecule has 1 aromatic rings. The van der Waals surface area contributed by atoms with Crippen LogP contribution in [0.1, 0.15) is 63.7 Å². The molecule has 1 rings (SSSR count). The topological polar surface area (TPSA) is 67.4 Å². The van der Waals surface area contributed by atoms with Crippen molar-refractivity contribution in [3.05, 3.63) is 70.8 Å². The third-order valence-corrected chi connectivity index (χ3v) is 6.25. The van der Waals surface area contributed by atoms with Crippen molar-refractivity contribution in [1.29, 1.82) is 0 Å². The second kappa shape index (κ2) is 18.1.